The van der Waals surface area contributed by atoms with E-state index in [-0.39, 0.29) is 0 Å². The topological polar surface area (TPSA) is 153 Å². The van der Waals surface area contributed by atoms with Crippen LogP contribution in [0.25, 0.3) is 10.4 Å². The highest BCUT2D eigenvalue weighted by atomic mass is 19.1. The average molecular weight is 287 g/mol. The Labute approximate surface area is 109 Å². The fourth-order valence-corrected chi connectivity index (χ4v) is 1.96. The number of nitrogens with zero attached hydrogens (tertiary/aromatic N) is 4. The summed E-state index contributed by atoms with van der Waals surface area (Å²) in [6.45, 7) is -0.572. The zero-order valence-corrected chi connectivity index (χ0v) is 9.88. The van der Waals surface area contributed by atoms with E-state index in [0.717, 1.165) is 0 Å². The number of aliphatic hydroxyl groups excluding tert-OH is 2. The summed E-state index contributed by atoms with van der Waals surface area (Å²) in [6.07, 6.45) is -3.34. The normalized spacial score (nSPS) is 29.1. The molecule has 0 unspecified atom stereocenters. The van der Waals surface area contributed by atoms with E-state index in [4.69, 9.17) is 15.4 Å². The predicted octanol–water partition coefficient (Wildman–Crippen LogP) is -1.39. The van der Waals surface area contributed by atoms with Crippen LogP contribution in [0.15, 0.2) is 20.9 Å². The van der Waals surface area contributed by atoms with Crippen LogP contribution < -0.4 is 11.2 Å². The van der Waals surface area contributed by atoms with Gasteiger partial charge in [0.05, 0.1) is 24.9 Å². The molecule has 1 fully saturated rings. The number of azide groups is 1. The van der Waals surface area contributed by atoms with Gasteiger partial charge in [-0.2, -0.15) is 4.39 Å². The lowest BCUT2D eigenvalue weighted by atomic mass is 10.1. The number of H-pyrrole nitrogens is 1. The summed E-state index contributed by atoms with van der Waals surface area (Å²) in [7, 11) is 0. The van der Waals surface area contributed by atoms with Crippen LogP contribution in [0.1, 0.15) is 6.23 Å². The van der Waals surface area contributed by atoms with Gasteiger partial charge in [0, 0.05) is 4.91 Å². The molecule has 1 aromatic heterocycles. The van der Waals surface area contributed by atoms with Crippen LogP contribution in [0.2, 0.25) is 0 Å². The molecule has 11 heteroatoms. The second kappa shape index (κ2) is 5.43. The van der Waals surface area contributed by atoms with Gasteiger partial charge in [-0.05, 0) is 5.53 Å². The lowest BCUT2D eigenvalue weighted by Crippen LogP contribution is -2.38. The molecule has 1 saturated heterocycles. The maximum absolute atomic E-state index is 13.2. The first kappa shape index (κ1) is 14.2. The second-order valence-electron chi connectivity index (χ2n) is 4.08. The lowest BCUT2D eigenvalue weighted by Gasteiger charge is -2.17. The molecule has 0 amide bonds. The van der Waals surface area contributed by atoms with E-state index >= 15 is 0 Å². The van der Waals surface area contributed by atoms with Gasteiger partial charge in [-0.1, -0.05) is 5.11 Å². The van der Waals surface area contributed by atoms with Crippen LogP contribution in [0.4, 0.5) is 4.39 Å². The van der Waals surface area contributed by atoms with E-state index in [9.17, 15) is 19.1 Å². The quantitative estimate of drug-likeness (QED) is 0.354. The highest BCUT2D eigenvalue weighted by molar-refractivity contribution is 4.97. The molecule has 1 aromatic rings. The number of nitrogens with one attached hydrogen (secondary N) is 1. The van der Waals surface area contributed by atoms with Crippen LogP contribution in [0.5, 0.6) is 0 Å². The summed E-state index contributed by atoms with van der Waals surface area (Å²) in [4.78, 5) is 26.7. The van der Waals surface area contributed by atoms with E-state index in [1.54, 1.807) is 4.98 Å². The molecule has 0 saturated carbocycles. The Morgan fingerprint density at radius 1 is 1.60 bits per heavy atom. The molecule has 4 atom stereocenters. The molecule has 0 aliphatic carbocycles. The van der Waals surface area contributed by atoms with Crippen molar-refractivity contribution in [3.63, 3.8) is 0 Å². The first-order valence-electron chi connectivity index (χ1n) is 5.49. The lowest BCUT2D eigenvalue weighted by molar-refractivity contribution is -0.0536. The smallest absolute Gasteiger partial charge is 0.330 e. The van der Waals surface area contributed by atoms with Crippen LogP contribution >= 0.6 is 0 Å². The van der Waals surface area contributed by atoms with Gasteiger partial charge in [-0.3, -0.25) is 14.3 Å². The third-order valence-corrected chi connectivity index (χ3v) is 2.90. The number of aromatic amines is 1. The molecule has 108 valence electrons. The second-order valence-corrected chi connectivity index (χ2v) is 4.08. The Balaban J connectivity index is 2.44. The van der Waals surface area contributed by atoms with Gasteiger partial charge in [0.15, 0.2) is 6.23 Å². The number of hydrogen-bond acceptors (Lipinski definition) is 6. The fourth-order valence-electron chi connectivity index (χ4n) is 1.96. The van der Waals surface area contributed by atoms with Crippen molar-refractivity contribution in [3.8, 4) is 0 Å². The predicted molar refractivity (Wildman–Crippen MR) is 61.2 cm³/mol. The van der Waals surface area contributed by atoms with Crippen molar-refractivity contribution in [1.82, 2.24) is 9.55 Å². The molecule has 0 spiro atoms. The van der Waals surface area contributed by atoms with Crippen molar-refractivity contribution >= 4 is 0 Å². The first-order chi connectivity index (χ1) is 9.49. The molecule has 2 heterocycles. The van der Waals surface area contributed by atoms with Gasteiger partial charge in [-0.25, -0.2) is 4.79 Å². The summed E-state index contributed by atoms with van der Waals surface area (Å²) >= 11 is 0. The largest absolute Gasteiger partial charge is 0.394 e. The standard InChI is InChI=1S/C9H10FN5O5/c10-3-1-15(9(19)12-7(3)18)8-6(17)5(13-14-11)4(2-16)20-8/h1,4-6,8,16-17H,2H2,(H,12,18,19)/t4-,5-,6+,8+/m1/s1. The molecule has 1 aliphatic rings. The Hall–Kier alpha value is -2.20. The van der Waals surface area contributed by atoms with Gasteiger partial charge in [0.1, 0.15) is 6.10 Å². The highest BCUT2D eigenvalue weighted by Gasteiger charge is 2.44. The minimum Gasteiger partial charge on any atom is -0.394 e. The third-order valence-electron chi connectivity index (χ3n) is 2.90. The van der Waals surface area contributed by atoms with Crippen molar-refractivity contribution in [2.45, 2.75) is 24.5 Å². The molecular formula is C9H10FN5O5. The molecule has 0 bridgehead atoms. The SMILES string of the molecule is [N-]=[N+]=N[C@H]1[C@H](O)[C@@H](n2cc(F)c(=O)[nH]c2=O)O[C@@H]1CO. The Morgan fingerprint density at radius 3 is 2.90 bits per heavy atom. The number of aromatic nitrogens is 2. The first-order valence-corrected chi connectivity index (χ1v) is 5.49. The van der Waals surface area contributed by atoms with Crippen molar-refractivity contribution in [2.24, 2.45) is 5.11 Å². The van der Waals surface area contributed by atoms with E-state index < -0.39 is 48.2 Å². The third kappa shape index (κ3) is 2.30. The summed E-state index contributed by atoms with van der Waals surface area (Å²) < 4.78 is 19.0. The van der Waals surface area contributed by atoms with E-state index in [1.165, 1.54) is 0 Å². The van der Waals surface area contributed by atoms with Crippen LogP contribution in [0.3, 0.4) is 0 Å². The monoisotopic (exact) mass is 287 g/mol. The van der Waals surface area contributed by atoms with Gasteiger partial charge < -0.3 is 14.9 Å². The van der Waals surface area contributed by atoms with Gasteiger partial charge >= 0.3 is 5.69 Å². The highest BCUT2D eigenvalue weighted by Crippen LogP contribution is 2.30. The van der Waals surface area contributed by atoms with E-state index in [0.29, 0.717) is 10.8 Å². The molecule has 2 rings (SSSR count). The summed E-state index contributed by atoms with van der Waals surface area (Å²) in [5.74, 6) is -1.24. The summed E-state index contributed by atoms with van der Waals surface area (Å²) in [5.41, 5.74) is 6.18. The number of ether oxygens (including phenoxy) is 1. The van der Waals surface area contributed by atoms with Gasteiger partial charge in [0.2, 0.25) is 5.82 Å². The summed E-state index contributed by atoms with van der Waals surface area (Å²) in [6, 6.07) is -1.14. The van der Waals surface area contributed by atoms with Crippen LogP contribution in [-0.2, 0) is 4.74 Å². The zero-order valence-electron chi connectivity index (χ0n) is 9.88. The molecule has 3 N–H and O–H groups in total. The fraction of sp³-hybridized carbons (Fsp3) is 0.556. The molecule has 1 aliphatic heterocycles. The van der Waals surface area contributed by atoms with Crippen LogP contribution in [-0.4, -0.2) is 44.6 Å². The molecule has 0 radical (unpaired) electrons. The van der Waals surface area contributed by atoms with Gasteiger partial charge in [-0.15, -0.1) is 0 Å². The summed E-state index contributed by atoms with van der Waals surface area (Å²) in [5, 5.41) is 22.3. The van der Waals surface area contributed by atoms with Crippen molar-refractivity contribution < 1.29 is 19.3 Å². The van der Waals surface area contributed by atoms with E-state index in [1.807, 2.05) is 0 Å². The number of hydrogen-bond donors (Lipinski definition) is 3. The van der Waals surface area contributed by atoms with Crippen molar-refractivity contribution in [1.29, 1.82) is 0 Å². The van der Waals surface area contributed by atoms with Crippen molar-refractivity contribution in [3.05, 3.63) is 43.3 Å². The average Bonchev–Trinajstić information content (AvgIpc) is 2.72. The number of aliphatic hydroxyl groups is 2. The molecule has 20 heavy (non-hydrogen) atoms. The van der Waals surface area contributed by atoms with Crippen LogP contribution in [0, 0.1) is 5.82 Å². The maximum atomic E-state index is 13.2. The molecular weight excluding hydrogens is 277 g/mol. The van der Waals surface area contributed by atoms with Crippen molar-refractivity contribution in [2.75, 3.05) is 6.61 Å². The maximum Gasteiger partial charge on any atom is 0.330 e. The molecule has 10 nitrogen and oxygen atoms in total. The molecule has 0 aromatic carbocycles. The number of halogens is 1. The van der Waals surface area contributed by atoms with E-state index in [2.05, 4.69) is 10.0 Å². The number of rotatable bonds is 3. The van der Waals surface area contributed by atoms with Gasteiger partial charge in [0.25, 0.3) is 5.56 Å². The zero-order chi connectivity index (χ0) is 14.9. The minimum atomic E-state index is -1.48. The Bertz CT molecular complexity index is 665. The Kier molecular flexibility index (Phi) is 3.86. The Morgan fingerprint density at radius 2 is 2.30 bits per heavy atom. The minimum absolute atomic E-state index is 0.571.